The van der Waals surface area contributed by atoms with Crippen molar-refractivity contribution < 1.29 is 101 Å². The maximum absolute atomic E-state index is 13.5. The Kier molecular flexibility index (Phi) is 54.2. The Bertz CT molecular complexity index is 3590. The van der Waals surface area contributed by atoms with Crippen molar-refractivity contribution in [2.24, 2.45) is 5.73 Å². The average Bonchev–Trinajstić information content (AvgIpc) is 0.782. The van der Waals surface area contributed by atoms with Crippen LogP contribution in [0.15, 0.2) is 128 Å². The molecule has 116 heavy (non-hydrogen) atoms. The van der Waals surface area contributed by atoms with Crippen molar-refractivity contribution in [2.75, 3.05) is 19.8 Å². The van der Waals surface area contributed by atoms with Crippen LogP contribution in [0.2, 0.25) is 0 Å². The fourth-order valence-corrected chi connectivity index (χ4v) is 14.2. The van der Waals surface area contributed by atoms with Gasteiger partial charge in [-0.3, -0.25) is 42.6 Å². The van der Waals surface area contributed by atoms with Crippen LogP contribution in [0.4, 0.5) is 0 Å². The van der Waals surface area contributed by atoms with Crippen molar-refractivity contribution in [2.45, 2.75) is 345 Å². The van der Waals surface area contributed by atoms with Gasteiger partial charge in [-0.25, -0.2) is 13.9 Å². The summed E-state index contributed by atoms with van der Waals surface area (Å²) in [6.07, 6.45) is 35.9. The maximum Gasteiger partial charge on any atom is 0.483 e. The molecule has 0 spiro atoms. The molecule has 0 saturated carbocycles. The molecule has 658 valence electrons. The second-order valence-electron chi connectivity index (χ2n) is 31.1. The quantitative estimate of drug-likeness (QED) is 0.0153. The van der Waals surface area contributed by atoms with E-state index in [4.69, 9.17) is 29.4 Å². The molecular formula is C86H143N7O21P2. The molecule has 0 bridgehead atoms. The van der Waals surface area contributed by atoms with Crippen LogP contribution in [0, 0.1) is 0 Å². The molecule has 1 saturated heterocycles. The molecule has 1 aliphatic rings. The van der Waals surface area contributed by atoms with Crippen molar-refractivity contribution in [3.63, 3.8) is 0 Å². The lowest BCUT2D eigenvalue weighted by atomic mass is 9.96. The smallest absolute Gasteiger partial charge is 0.480 e. The van der Waals surface area contributed by atoms with Crippen LogP contribution in [0.5, 0.6) is 0 Å². The number of carbonyl (C=O) groups excluding carboxylic acids is 6. The summed E-state index contributed by atoms with van der Waals surface area (Å²) in [5.41, 5.74) is 20.5. The molecule has 0 aromatic rings. The highest BCUT2D eigenvalue weighted by molar-refractivity contribution is 7.61. The predicted octanol–water partition coefficient (Wildman–Crippen LogP) is 14.4. The molecule has 1 heterocycles. The van der Waals surface area contributed by atoms with Crippen molar-refractivity contribution in [3.05, 3.63) is 128 Å². The number of rotatable bonds is 59. The van der Waals surface area contributed by atoms with Crippen molar-refractivity contribution in [3.8, 4) is 0 Å². The van der Waals surface area contributed by atoms with Crippen molar-refractivity contribution in [1.82, 2.24) is 31.9 Å². The SMILES string of the molecule is CC(=O)N[C@H]1C(OP(=O)(O)OP(=O)(O)OC/C=C(\C)CC/C=C(\C)CC/C=C(\C)CC/C=C(\C)CC/C=C(\C)CC/C=C(\C)CC/C=C(\C)CC/C=C(\C)CC/C=C(\C)CC/C=C(\C)CCC=C(C)C)O[C@H](CO)[C@@H](O)[C@@H]1OC(C)C(=O)N[C@@H](C)C(=O)N[C@H](CCC(=O)N[C@@H](CCCCN)C(=O)N[C@H](C)C(=O)N[C@H](C)C(=O)O)C(=O)O. The molecule has 4 unspecified atom stereocenters. The lowest BCUT2D eigenvalue weighted by molar-refractivity contribution is -0.261. The van der Waals surface area contributed by atoms with E-state index in [1.807, 2.05) is 0 Å². The number of hydrogen-bond donors (Lipinski definition) is 13. The number of unbranched alkanes of at least 4 members (excludes halogenated alkanes) is 1. The number of aliphatic carboxylic acids is 2. The van der Waals surface area contributed by atoms with Crippen LogP contribution in [0.25, 0.3) is 0 Å². The summed E-state index contributed by atoms with van der Waals surface area (Å²) in [4.78, 5) is 123. The van der Waals surface area contributed by atoms with Gasteiger partial charge in [0, 0.05) is 13.3 Å². The van der Waals surface area contributed by atoms with Crippen LogP contribution < -0.4 is 37.6 Å². The number of nitrogens with one attached hydrogen (secondary N) is 6. The van der Waals surface area contributed by atoms with E-state index in [0.29, 0.717) is 25.7 Å². The van der Waals surface area contributed by atoms with Gasteiger partial charge in [-0.2, -0.15) is 4.31 Å². The number of carbonyl (C=O) groups is 8. The summed E-state index contributed by atoms with van der Waals surface area (Å²) in [5.74, 6) is -8.33. The van der Waals surface area contributed by atoms with E-state index >= 15 is 0 Å². The van der Waals surface area contributed by atoms with Crippen LogP contribution in [-0.2, 0) is 70.3 Å². The molecule has 0 aromatic heterocycles. The van der Waals surface area contributed by atoms with Gasteiger partial charge in [-0.15, -0.1) is 0 Å². The lowest BCUT2D eigenvalue weighted by Gasteiger charge is -2.44. The Hall–Kier alpha value is -7.04. The van der Waals surface area contributed by atoms with Crippen molar-refractivity contribution >= 4 is 63.0 Å². The summed E-state index contributed by atoms with van der Waals surface area (Å²) < 4.78 is 52.4. The molecular weight excluding hydrogens is 1530 g/mol. The van der Waals surface area contributed by atoms with Gasteiger partial charge < -0.3 is 77.3 Å². The van der Waals surface area contributed by atoms with Crippen molar-refractivity contribution in [1.29, 1.82) is 0 Å². The zero-order chi connectivity index (χ0) is 87.7. The molecule has 30 heteroatoms. The Balaban J connectivity index is 2.69. The van der Waals surface area contributed by atoms with Gasteiger partial charge >= 0.3 is 27.6 Å². The topological polar surface area (TPSA) is 436 Å². The van der Waals surface area contributed by atoms with Gasteiger partial charge in [-0.05, 0) is 271 Å². The van der Waals surface area contributed by atoms with Gasteiger partial charge in [-0.1, -0.05) is 128 Å². The van der Waals surface area contributed by atoms with Gasteiger partial charge in [0.25, 0.3) is 0 Å². The largest absolute Gasteiger partial charge is 0.483 e. The van der Waals surface area contributed by atoms with Gasteiger partial charge in [0.2, 0.25) is 35.4 Å². The molecule has 13 atom stereocenters. The number of hydrogen-bond acceptors (Lipinski definition) is 18. The van der Waals surface area contributed by atoms with E-state index < -0.39 is 156 Å². The molecule has 0 aromatic carbocycles. The molecule has 28 nitrogen and oxygen atoms in total. The maximum atomic E-state index is 13.5. The number of allylic oxidation sites excluding steroid dienone is 21. The minimum Gasteiger partial charge on any atom is -0.480 e. The van der Waals surface area contributed by atoms with E-state index in [2.05, 4.69) is 173 Å². The first-order valence-corrected chi connectivity index (χ1v) is 43.9. The Morgan fingerprint density at radius 2 is 0.819 bits per heavy atom. The second kappa shape index (κ2) is 58.8. The zero-order valence-corrected chi connectivity index (χ0v) is 74.1. The van der Waals surface area contributed by atoms with Crippen LogP contribution in [0.3, 0.4) is 0 Å². The van der Waals surface area contributed by atoms with Gasteiger partial charge in [0.1, 0.15) is 60.7 Å². The molecule has 0 radical (unpaired) electrons. The van der Waals surface area contributed by atoms with E-state index in [1.54, 1.807) is 6.92 Å². The number of phosphoric acid groups is 2. The number of amides is 6. The molecule has 6 amide bonds. The molecule has 1 rings (SSSR count). The standard InChI is InChI=1S/C86H143N7O21P2/c1-57(2)30-20-31-58(3)32-21-33-59(4)34-22-35-60(5)36-23-37-61(6)38-24-39-62(7)40-25-41-63(8)42-26-43-64(9)44-27-45-65(10)46-28-47-66(11)48-29-49-67(12)53-55-110-115(106,107)114-116(108,109)113-86-77(91-72(17)95)79(78(97)75(56-94)112-86)111-71(16)82(100)88-69(14)81(99)93-74(85(104)105)51-52-76(96)92-73(50-18-19-54-87)83(101)89-68(13)80(98)90-70(15)84(102)103/h30,32,34,36,38,40,42,44,46,48,53,68-71,73-75,77-79,86,94,97H,18-29,31,33,35,37,39,41,43,45,47,49-52,54-56,87H2,1-17H3,(H,88,100)(H,89,101)(H,90,98)(H,91,95)(H,92,96)(H,93,99)(H,102,103)(H,104,105)(H,106,107)(H,108,109)/b58-32+,59-34+,60-36+,61-38+,62-40+,63-42+,64-44+,65-46+,66-48+,67-53+/t68-,69+,70-,71?,73+,74-,75-,77-,78-,79-,86?/m1/s1. The van der Waals surface area contributed by atoms with E-state index in [9.17, 15) is 72.6 Å². The number of carboxylic acid groups (broad SMARTS) is 2. The third kappa shape index (κ3) is 50.0. The van der Waals surface area contributed by atoms with E-state index in [0.717, 1.165) is 142 Å². The first-order valence-electron chi connectivity index (χ1n) is 40.9. The first-order chi connectivity index (χ1) is 54.5. The van der Waals surface area contributed by atoms with Gasteiger partial charge in [0.05, 0.1) is 13.2 Å². The Morgan fingerprint density at radius 3 is 1.18 bits per heavy atom. The van der Waals surface area contributed by atoms with E-state index in [-0.39, 0.29) is 13.0 Å². The van der Waals surface area contributed by atoms with Crippen LogP contribution >= 0.6 is 15.6 Å². The Morgan fingerprint density at radius 1 is 0.448 bits per heavy atom. The molecule has 1 fully saturated rings. The number of aliphatic hydroxyl groups is 2. The number of carboxylic acids is 2. The van der Waals surface area contributed by atoms with Crippen LogP contribution in [-0.4, -0.2) is 164 Å². The average molecular weight is 1670 g/mol. The Labute approximate surface area is 691 Å². The highest BCUT2D eigenvalue weighted by Gasteiger charge is 2.51. The highest BCUT2D eigenvalue weighted by atomic mass is 31.3. The fourth-order valence-electron chi connectivity index (χ4n) is 12.1. The third-order valence-electron chi connectivity index (χ3n) is 19.5. The number of phosphoric ester groups is 2. The summed E-state index contributed by atoms with van der Waals surface area (Å²) in [6.45, 7) is 30.6. The minimum atomic E-state index is -5.74. The number of nitrogens with two attached hydrogens (primary N) is 1. The predicted molar refractivity (Wildman–Crippen MR) is 455 cm³/mol. The highest BCUT2D eigenvalue weighted by Crippen LogP contribution is 2.61. The van der Waals surface area contributed by atoms with E-state index in [1.165, 1.54) is 75.7 Å². The van der Waals surface area contributed by atoms with Crippen LogP contribution in [0.1, 0.15) is 278 Å². The number of aliphatic hydroxyl groups excluding tert-OH is 2. The monoisotopic (exact) mass is 1670 g/mol. The summed E-state index contributed by atoms with van der Waals surface area (Å²) >= 11 is 0. The third-order valence-corrected chi connectivity index (χ3v) is 22.1. The first kappa shape index (κ1) is 107. The number of ether oxygens (including phenoxy) is 2. The molecule has 1 aliphatic heterocycles. The molecule has 14 N–H and O–H groups in total. The summed E-state index contributed by atoms with van der Waals surface area (Å²) in [6, 6.07) is -8.76. The fraction of sp³-hybridized carbons (Fsp3) is 0.651. The normalized spacial score (nSPS) is 19.8. The summed E-state index contributed by atoms with van der Waals surface area (Å²) in [7, 11) is -11.1. The molecule has 0 aliphatic carbocycles. The summed E-state index contributed by atoms with van der Waals surface area (Å²) in [5, 5.41) is 54.4. The zero-order valence-electron chi connectivity index (χ0n) is 72.3. The second-order valence-corrected chi connectivity index (χ2v) is 34.1. The minimum absolute atomic E-state index is 0.0562. The lowest BCUT2D eigenvalue weighted by Crippen LogP contribution is -2.66. The van der Waals surface area contributed by atoms with Gasteiger partial charge in [0.15, 0.2) is 6.29 Å².